The van der Waals surface area contributed by atoms with Gasteiger partial charge in [-0.1, -0.05) is 12.5 Å². The monoisotopic (exact) mass is 377 g/mol. The van der Waals surface area contributed by atoms with Crippen LogP contribution in [0.5, 0.6) is 0 Å². The van der Waals surface area contributed by atoms with Gasteiger partial charge in [0.25, 0.3) is 5.91 Å². The molecule has 0 bridgehead atoms. The molecule has 144 valence electrons. The fourth-order valence-electron chi connectivity index (χ4n) is 3.99. The van der Waals surface area contributed by atoms with Crippen LogP contribution in [0.15, 0.2) is 17.5 Å². The summed E-state index contributed by atoms with van der Waals surface area (Å²) in [7, 11) is 0. The molecule has 1 aromatic rings. The first-order chi connectivity index (χ1) is 12.5. The van der Waals surface area contributed by atoms with Gasteiger partial charge in [0.05, 0.1) is 10.8 Å². The number of hydrogen-bond donors (Lipinski definition) is 1. The van der Waals surface area contributed by atoms with E-state index in [1.54, 1.807) is 0 Å². The van der Waals surface area contributed by atoms with Crippen molar-refractivity contribution in [3.8, 4) is 0 Å². The van der Waals surface area contributed by atoms with Crippen LogP contribution in [0.25, 0.3) is 0 Å². The Morgan fingerprint density at radius 1 is 1.19 bits per heavy atom. The van der Waals surface area contributed by atoms with E-state index in [0.717, 1.165) is 37.4 Å². The van der Waals surface area contributed by atoms with Crippen LogP contribution in [0, 0.1) is 5.92 Å². The molecule has 3 rings (SSSR count). The normalized spacial score (nSPS) is 22.2. The van der Waals surface area contributed by atoms with Crippen molar-refractivity contribution in [3.05, 3.63) is 22.4 Å². The van der Waals surface area contributed by atoms with Gasteiger partial charge in [-0.25, -0.2) is 0 Å². The van der Waals surface area contributed by atoms with Gasteiger partial charge in [0, 0.05) is 25.2 Å². The van der Waals surface area contributed by atoms with Crippen LogP contribution < -0.4 is 5.32 Å². The molecule has 1 atom stereocenters. The van der Waals surface area contributed by atoms with Gasteiger partial charge in [0.2, 0.25) is 5.91 Å². The summed E-state index contributed by atoms with van der Waals surface area (Å²) in [6.07, 6.45) is 5.57. The quantitative estimate of drug-likeness (QED) is 0.858. The first-order valence-corrected chi connectivity index (χ1v) is 10.7. The maximum absolute atomic E-state index is 12.7. The number of carbonyl (C=O) groups is 2. The number of nitrogens with one attached hydrogen (secondary N) is 1. The highest BCUT2D eigenvalue weighted by atomic mass is 32.1. The van der Waals surface area contributed by atoms with Crippen LogP contribution in [0.3, 0.4) is 0 Å². The van der Waals surface area contributed by atoms with Crippen molar-refractivity contribution in [2.24, 2.45) is 5.92 Å². The lowest BCUT2D eigenvalue weighted by Gasteiger charge is -2.41. The van der Waals surface area contributed by atoms with Gasteiger partial charge in [-0.15, -0.1) is 11.3 Å². The van der Waals surface area contributed by atoms with E-state index < -0.39 is 0 Å². The minimum absolute atomic E-state index is 0.0166. The number of piperidine rings is 2. The zero-order chi connectivity index (χ0) is 18.6. The fraction of sp³-hybridized carbons (Fsp3) is 0.700. The van der Waals surface area contributed by atoms with Crippen molar-refractivity contribution in [1.29, 1.82) is 0 Å². The minimum atomic E-state index is -0.0928. The maximum atomic E-state index is 12.7. The summed E-state index contributed by atoms with van der Waals surface area (Å²) >= 11 is 1.47. The van der Waals surface area contributed by atoms with E-state index >= 15 is 0 Å². The molecular formula is C20H31N3O2S. The van der Waals surface area contributed by atoms with Crippen molar-refractivity contribution in [3.63, 3.8) is 0 Å². The van der Waals surface area contributed by atoms with Crippen LogP contribution >= 0.6 is 11.3 Å². The molecule has 2 saturated heterocycles. The molecule has 2 aliphatic rings. The molecule has 0 aliphatic carbocycles. The van der Waals surface area contributed by atoms with Crippen LogP contribution in [0.2, 0.25) is 0 Å². The van der Waals surface area contributed by atoms with Gasteiger partial charge in [0.15, 0.2) is 0 Å². The molecule has 0 aromatic carbocycles. The molecule has 2 fully saturated rings. The van der Waals surface area contributed by atoms with Crippen LogP contribution in [0.4, 0.5) is 0 Å². The van der Waals surface area contributed by atoms with Crippen molar-refractivity contribution in [2.75, 3.05) is 32.7 Å². The van der Waals surface area contributed by atoms with Crippen LogP contribution in [-0.2, 0) is 4.79 Å². The molecule has 3 heterocycles. The molecule has 0 spiro atoms. The molecule has 0 saturated carbocycles. The lowest BCUT2D eigenvalue weighted by molar-refractivity contribution is -0.127. The first kappa shape index (κ1) is 19.4. The van der Waals surface area contributed by atoms with E-state index in [9.17, 15) is 9.59 Å². The Morgan fingerprint density at radius 3 is 2.65 bits per heavy atom. The van der Waals surface area contributed by atoms with Gasteiger partial charge in [-0.05, 0) is 64.1 Å². The minimum Gasteiger partial charge on any atom is -0.354 e. The average Bonchev–Trinajstić information content (AvgIpc) is 3.21. The first-order valence-electron chi connectivity index (χ1n) is 9.83. The van der Waals surface area contributed by atoms with Crippen molar-refractivity contribution >= 4 is 23.2 Å². The van der Waals surface area contributed by atoms with E-state index in [1.165, 1.54) is 30.6 Å². The second kappa shape index (κ2) is 8.53. The molecule has 26 heavy (non-hydrogen) atoms. The number of amides is 2. The van der Waals surface area contributed by atoms with Crippen molar-refractivity contribution < 1.29 is 9.59 Å². The zero-order valence-electron chi connectivity index (χ0n) is 16.0. The highest BCUT2D eigenvalue weighted by molar-refractivity contribution is 7.12. The lowest BCUT2D eigenvalue weighted by atomic mass is 9.95. The van der Waals surface area contributed by atoms with Gasteiger partial charge in [-0.2, -0.15) is 0 Å². The van der Waals surface area contributed by atoms with Gasteiger partial charge >= 0.3 is 0 Å². The number of nitrogens with zero attached hydrogens (tertiary/aromatic N) is 2. The Balaban J connectivity index is 1.51. The smallest absolute Gasteiger partial charge is 0.263 e. The Hall–Kier alpha value is -1.40. The Kier molecular flexibility index (Phi) is 6.35. The Morgan fingerprint density at radius 2 is 1.96 bits per heavy atom. The Bertz CT molecular complexity index is 609. The highest BCUT2D eigenvalue weighted by Gasteiger charge is 2.32. The van der Waals surface area contributed by atoms with Gasteiger partial charge < -0.3 is 10.2 Å². The van der Waals surface area contributed by atoms with Crippen LogP contribution in [-0.4, -0.2) is 59.9 Å². The van der Waals surface area contributed by atoms with Gasteiger partial charge in [0.1, 0.15) is 0 Å². The van der Waals surface area contributed by atoms with E-state index in [4.69, 9.17) is 0 Å². The molecule has 2 amide bonds. The van der Waals surface area contributed by atoms with E-state index in [-0.39, 0.29) is 23.3 Å². The summed E-state index contributed by atoms with van der Waals surface area (Å²) in [5.74, 6) is 0.0646. The fourth-order valence-corrected chi connectivity index (χ4v) is 4.68. The summed E-state index contributed by atoms with van der Waals surface area (Å²) < 4.78 is 0. The number of carbonyl (C=O) groups excluding carboxylic acids is 2. The third-order valence-electron chi connectivity index (χ3n) is 5.72. The third kappa shape index (κ3) is 4.65. The highest BCUT2D eigenvalue weighted by Crippen LogP contribution is 2.22. The summed E-state index contributed by atoms with van der Waals surface area (Å²) in [5, 5.41) is 5.09. The second-order valence-corrected chi connectivity index (χ2v) is 9.09. The van der Waals surface area contributed by atoms with E-state index in [2.05, 4.69) is 24.1 Å². The van der Waals surface area contributed by atoms with Crippen molar-refractivity contribution in [1.82, 2.24) is 15.1 Å². The zero-order valence-corrected chi connectivity index (χ0v) is 16.8. The topological polar surface area (TPSA) is 52.7 Å². The predicted molar refractivity (Wildman–Crippen MR) is 105 cm³/mol. The van der Waals surface area contributed by atoms with E-state index in [0.29, 0.717) is 13.1 Å². The standard InChI is InChI=1S/C20H31N3O2S/c1-20(2,23-11-4-3-5-12-23)15-21-18(24)16-8-6-10-22(14-16)19(25)17-9-7-13-26-17/h7,9,13,16H,3-6,8,10-12,14-15H2,1-2H3,(H,21,24). The summed E-state index contributed by atoms with van der Waals surface area (Å²) in [6, 6.07) is 3.76. The third-order valence-corrected chi connectivity index (χ3v) is 6.58. The predicted octanol–water partition coefficient (Wildman–Crippen LogP) is 2.98. The van der Waals surface area contributed by atoms with Crippen molar-refractivity contribution in [2.45, 2.75) is 51.5 Å². The largest absolute Gasteiger partial charge is 0.354 e. The van der Waals surface area contributed by atoms with E-state index in [1.807, 2.05) is 22.4 Å². The summed E-state index contributed by atoms with van der Waals surface area (Å²) in [5.41, 5.74) is -0.0166. The summed E-state index contributed by atoms with van der Waals surface area (Å²) in [4.78, 5) is 30.4. The molecular weight excluding hydrogens is 346 g/mol. The van der Waals surface area contributed by atoms with Gasteiger partial charge in [-0.3, -0.25) is 14.5 Å². The lowest BCUT2D eigenvalue weighted by Crippen LogP contribution is -2.55. The maximum Gasteiger partial charge on any atom is 0.263 e. The van der Waals surface area contributed by atoms with Crippen LogP contribution in [0.1, 0.15) is 55.6 Å². The number of hydrogen-bond acceptors (Lipinski definition) is 4. The molecule has 2 aliphatic heterocycles. The molecule has 6 heteroatoms. The molecule has 1 aromatic heterocycles. The summed E-state index contributed by atoms with van der Waals surface area (Å²) in [6.45, 7) is 8.62. The number of likely N-dealkylation sites (tertiary alicyclic amines) is 2. The number of thiophene rings is 1. The molecule has 5 nitrogen and oxygen atoms in total. The molecule has 1 N–H and O–H groups in total. The second-order valence-electron chi connectivity index (χ2n) is 8.15. The molecule has 1 unspecified atom stereocenters. The SMILES string of the molecule is CC(C)(CNC(=O)C1CCCN(C(=O)c2cccs2)C1)N1CCCCC1. The Labute approximate surface area is 160 Å². The number of rotatable bonds is 5. The average molecular weight is 378 g/mol. The molecule has 0 radical (unpaired) electrons.